The fourth-order valence-corrected chi connectivity index (χ4v) is 2.88. The zero-order valence-corrected chi connectivity index (χ0v) is 11.9. The summed E-state index contributed by atoms with van der Waals surface area (Å²) >= 11 is 1.51. The van der Waals surface area contributed by atoms with E-state index < -0.39 is 0 Å². The maximum Gasteiger partial charge on any atom is 0.131 e. The molecular formula is C14H13FN4S. The third-order valence-electron chi connectivity index (χ3n) is 3.09. The Hall–Kier alpha value is -2.21. The predicted molar refractivity (Wildman–Crippen MR) is 78.9 cm³/mol. The number of nitrogen functional groups attached to an aromatic ring is 1. The van der Waals surface area contributed by atoms with Gasteiger partial charge < -0.3 is 5.73 Å². The number of thiazole rings is 1. The largest absolute Gasteiger partial charge is 0.383 e. The predicted octanol–water partition coefficient (Wildman–Crippen LogP) is 3.24. The third-order valence-corrected chi connectivity index (χ3v) is 4.01. The second-order valence-electron chi connectivity index (χ2n) is 4.46. The molecule has 20 heavy (non-hydrogen) atoms. The Labute approximate surface area is 119 Å². The van der Waals surface area contributed by atoms with Crippen LogP contribution in [-0.4, -0.2) is 14.8 Å². The number of rotatable bonds is 2. The molecule has 2 heterocycles. The number of aromatic nitrogens is 3. The highest BCUT2D eigenvalue weighted by atomic mass is 32.1. The first-order chi connectivity index (χ1) is 9.58. The van der Waals surface area contributed by atoms with Crippen molar-refractivity contribution in [2.24, 2.45) is 7.05 Å². The second kappa shape index (κ2) is 4.72. The van der Waals surface area contributed by atoms with Gasteiger partial charge in [0, 0.05) is 18.8 Å². The quantitative estimate of drug-likeness (QED) is 0.787. The van der Waals surface area contributed by atoms with Gasteiger partial charge in [-0.25, -0.2) is 9.37 Å². The van der Waals surface area contributed by atoms with Crippen molar-refractivity contribution in [1.82, 2.24) is 14.8 Å². The molecule has 0 bridgehead atoms. The van der Waals surface area contributed by atoms with Crippen LogP contribution in [0.5, 0.6) is 0 Å². The second-order valence-corrected chi connectivity index (χ2v) is 5.69. The van der Waals surface area contributed by atoms with Crippen molar-refractivity contribution in [2.75, 3.05) is 5.73 Å². The van der Waals surface area contributed by atoms with Crippen molar-refractivity contribution in [3.05, 3.63) is 41.3 Å². The molecule has 2 aromatic heterocycles. The summed E-state index contributed by atoms with van der Waals surface area (Å²) in [6.45, 7) is 1.92. The zero-order valence-electron chi connectivity index (χ0n) is 11.1. The van der Waals surface area contributed by atoms with Crippen LogP contribution in [-0.2, 0) is 7.05 Å². The molecule has 0 aliphatic rings. The van der Waals surface area contributed by atoms with Crippen LogP contribution >= 0.6 is 11.3 Å². The van der Waals surface area contributed by atoms with E-state index in [0.717, 1.165) is 9.88 Å². The van der Waals surface area contributed by atoms with Crippen molar-refractivity contribution in [3.63, 3.8) is 0 Å². The summed E-state index contributed by atoms with van der Waals surface area (Å²) in [5.41, 5.74) is 7.81. The van der Waals surface area contributed by atoms with Gasteiger partial charge in [0.2, 0.25) is 0 Å². The van der Waals surface area contributed by atoms with Crippen molar-refractivity contribution in [2.45, 2.75) is 6.92 Å². The van der Waals surface area contributed by atoms with E-state index >= 15 is 0 Å². The normalized spacial score (nSPS) is 10.9. The molecule has 0 saturated heterocycles. The van der Waals surface area contributed by atoms with E-state index in [1.54, 1.807) is 36.1 Å². The van der Waals surface area contributed by atoms with Gasteiger partial charge >= 0.3 is 0 Å². The average Bonchev–Trinajstić information content (AvgIpc) is 2.96. The van der Waals surface area contributed by atoms with Crippen LogP contribution in [0.4, 0.5) is 10.2 Å². The van der Waals surface area contributed by atoms with Gasteiger partial charge in [-0.15, -0.1) is 11.3 Å². The minimum Gasteiger partial charge on any atom is -0.383 e. The Morgan fingerprint density at radius 1 is 1.30 bits per heavy atom. The van der Waals surface area contributed by atoms with Crippen molar-refractivity contribution >= 4 is 17.2 Å². The lowest BCUT2D eigenvalue weighted by Gasteiger charge is -2.04. The molecule has 0 saturated carbocycles. The molecule has 0 amide bonds. The maximum atomic E-state index is 14.1. The van der Waals surface area contributed by atoms with E-state index in [4.69, 9.17) is 5.73 Å². The minimum atomic E-state index is -0.310. The van der Waals surface area contributed by atoms with Crippen LogP contribution in [0.1, 0.15) is 5.01 Å². The van der Waals surface area contributed by atoms with Gasteiger partial charge in [0.25, 0.3) is 0 Å². The fourth-order valence-electron chi connectivity index (χ4n) is 2.11. The van der Waals surface area contributed by atoms with Gasteiger partial charge in [-0.1, -0.05) is 18.2 Å². The van der Waals surface area contributed by atoms with E-state index in [-0.39, 0.29) is 5.82 Å². The Balaban J connectivity index is 2.28. The summed E-state index contributed by atoms with van der Waals surface area (Å²) in [6.07, 6.45) is 1.74. The van der Waals surface area contributed by atoms with Gasteiger partial charge in [0.1, 0.15) is 17.3 Å². The molecule has 2 N–H and O–H groups in total. The number of benzene rings is 1. The summed E-state index contributed by atoms with van der Waals surface area (Å²) in [6, 6.07) is 6.57. The lowest BCUT2D eigenvalue weighted by Crippen LogP contribution is -1.98. The maximum absolute atomic E-state index is 14.1. The van der Waals surface area contributed by atoms with Crippen LogP contribution in [0, 0.1) is 12.7 Å². The first kappa shape index (κ1) is 12.8. The summed E-state index contributed by atoms with van der Waals surface area (Å²) < 4.78 is 15.6. The molecular weight excluding hydrogens is 275 g/mol. The molecule has 4 nitrogen and oxygen atoms in total. The summed E-state index contributed by atoms with van der Waals surface area (Å²) in [5, 5.41) is 5.34. The number of nitrogens with zero attached hydrogens (tertiary/aromatic N) is 3. The third kappa shape index (κ3) is 1.98. The molecule has 1 aromatic carbocycles. The first-order valence-electron chi connectivity index (χ1n) is 6.08. The van der Waals surface area contributed by atoms with Gasteiger partial charge in [-0.3, -0.25) is 4.68 Å². The minimum absolute atomic E-state index is 0.310. The summed E-state index contributed by atoms with van der Waals surface area (Å²) in [4.78, 5) is 5.11. The topological polar surface area (TPSA) is 56.7 Å². The average molecular weight is 288 g/mol. The van der Waals surface area contributed by atoms with Crippen LogP contribution in [0.2, 0.25) is 0 Å². The van der Waals surface area contributed by atoms with Crippen LogP contribution in [0.3, 0.4) is 0 Å². The highest BCUT2D eigenvalue weighted by Crippen LogP contribution is 2.38. The smallest absolute Gasteiger partial charge is 0.131 e. The van der Waals surface area contributed by atoms with Gasteiger partial charge in [-0.05, 0) is 13.0 Å². The molecule has 3 rings (SSSR count). The first-order valence-corrected chi connectivity index (χ1v) is 6.89. The van der Waals surface area contributed by atoms with Crippen molar-refractivity contribution < 1.29 is 4.39 Å². The number of anilines is 1. The lowest BCUT2D eigenvalue weighted by atomic mass is 10.0. The molecule has 0 atom stereocenters. The monoisotopic (exact) mass is 288 g/mol. The molecule has 0 unspecified atom stereocenters. The molecule has 0 spiro atoms. The Bertz CT molecular complexity index is 775. The number of nitrogens with two attached hydrogens (primary N) is 1. The highest BCUT2D eigenvalue weighted by molar-refractivity contribution is 7.15. The molecule has 0 aliphatic carbocycles. The summed E-state index contributed by atoms with van der Waals surface area (Å²) in [7, 11) is 1.75. The van der Waals surface area contributed by atoms with E-state index in [0.29, 0.717) is 22.6 Å². The number of halogens is 1. The van der Waals surface area contributed by atoms with E-state index in [9.17, 15) is 4.39 Å². The Morgan fingerprint density at radius 3 is 2.70 bits per heavy atom. The van der Waals surface area contributed by atoms with Gasteiger partial charge in [0.05, 0.1) is 15.4 Å². The van der Waals surface area contributed by atoms with Crippen LogP contribution in [0.15, 0.2) is 30.5 Å². The lowest BCUT2D eigenvalue weighted by molar-refractivity contribution is 0.631. The van der Waals surface area contributed by atoms with Crippen LogP contribution in [0.25, 0.3) is 21.7 Å². The van der Waals surface area contributed by atoms with E-state index in [1.807, 2.05) is 6.92 Å². The molecule has 102 valence electrons. The Morgan fingerprint density at radius 2 is 2.05 bits per heavy atom. The SMILES string of the molecule is Cc1ncc(-c2nn(C)c(N)c2-c2ccccc2F)s1. The molecule has 3 aromatic rings. The fraction of sp³-hybridized carbons (Fsp3) is 0.143. The highest BCUT2D eigenvalue weighted by Gasteiger charge is 2.21. The number of aryl methyl sites for hydroxylation is 2. The molecule has 0 fully saturated rings. The standard InChI is InChI=1S/C14H13FN4S/c1-8-17-7-11(20-8)13-12(14(16)19(2)18-13)9-5-3-4-6-10(9)15/h3-7H,16H2,1-2H3. The van der Waals surface area contributed by atoms with Crippen molar-refractivity contribution in [3.8, 4) is 21.7 Å². The van der Waals surface area contributed by atoms with Crippen LogP contribution < -0.4 is 5.73 Å². The van der Waals surface area contributed by atoms with Gasteiger partial charge in [0.15, 0.2) is 0 Å². The molecule has 0 radical (unpaired) electrons. The Kier molecular flexibility index (Phi) is 3.02. The number of hydrogen-bond donors (Lipinski definition) is 1. The van der Waals surface area contributed by atoms with E-state index in [2.05, 4.69) is 10.1 Å². The number of hydrogen-bond acceptors (Lipinski definition) is 4. The zero-order chi connectivity index (χ0) is 14.3. The molecule has 6 heteroatoms. The van der Waals surface area contributed by atoms with Gasteiger partial charge in [-0.2, -0.15) is 5.10 Å². The van der Waals surface area contributed by atoms with E-state index in [1.165, 1.54) is 17.4 Å². The summed E-state index contributed by atoms with van der Waals surface area (Å²) in [5.74, 6) is 0.130. The van der Waals surface area contributed by atoms with Crippen molar-refractivity contribution in [1.29, 1.82) is 0 Å². The molecule has 0 aliphatic heterocycles.